The predicted octanol–water partition coefficient (Wildman–Crippen LogP) is 2.94. The van der Waals surface area contributed by atoms with Crippen LogP contribution in [0.15, 0.2) is 12.1 Å². The molecule has 0 aromatic heterocycles. The van der Waals surface area contributed by atoms with Gasteiger partial charge in [-0.05, 0) is 32.4 Å². The third-order valence-corrected chi connectivity index (χ3v) is 2.42. The minimum absolute atomic E-state index is 0.326. The van der Waals surface area contributed by atoms with E-state index in [2.05, 4.69) is 6.07 Å². The molecule has 1 rings (SSSR count). The van der Waals surface area contributed by atoms with Crippen molar-refractivity contribution in [3.8, 4) is 11.8 Å². The van der Waals surface area contributed by atoms with Gasteiger partial charge in [-0.15, -0.1) is 0 Å². The summed E-state index contributed by atoms with van der Waals surface area (Å²) in [6.45, 7) is 5.02. The molecule has 15 heavy (non-hydrogen) atoms. The lowest BCUT2D eigenvalue weighted by Crippen LogP contribution is -2.18. The molecule has 1 aromatic rings. The van der Waals surface area contributed by atoms with Crippen molar-refractivity contribution >= 4 is 0 Å². The van der Waals surface area contributed by atoms with Gasteiger partial charge in [0.15, 0.2) is 0 Å². The highest BCUT2D eigenvalue weighted by molar-refractivity contribution is 5.46. The van der Waals surface area contributed by atoms with E-state index in [4.69, 9.17) is 10.00 Å². The molecule has 80 valence electrons. The van der Waals surface area contributed by atoms with Crippen molar-refractivity contribution in [2.45, 2.75) is 26.2 Å². The van der Waals surface area contributed by atoms with Crippen molar-refractivity contribution < 1.29 is 9.13 Å². The number of rotatable bonds is 2. The van der Waals surface area contributed by atoms with Crippen LogP contribution in [0, 0.1) is 24.1 Å². The summed E-state index contributed by atoms with van der Waals surface area (Å²) >= 11 is 0. The first-order valence-corrected chi connectivity index (χ1v) is 4.69. The summed E-state index contributed by atoms with van der Waals surface area (Å²) in [5.74, 6) is 0.0607. The van der Waals surface area contributed by atoms with Crippen molar-refractivity contribution in [3.63, 3.8) is 0 Å². The standard InChI is InChI=1S/C12H14FNO/c1-8-5-6-9(15-4)10(11(8)13)12(2,3)7-14/h5-6H,1-4H3. The minimum Gasteiger partial charge on any atom is -0.496 e. The van der Waals surface area contributed by atoms with E-state index in [1.54, 1.807) is 32.9 Å². The zero-order chi connectivity index (χ0) is 11.6. The zero-order valence-corrected chi connectivity index (χ0v) is 9.39. The van der Waals surface area contributed by atoms with E-state index in [1.165, 1.54) is 7.11 Å². The molecule has 0 amide bonds. The highest BCUT2D eigenvalue weighted by Gasteiger charge is 2.28. The monoisotopic (exact) mass is 207 g/mol. The molecule has 0 N–H and O–H groups in total. The average molecular weight is 207 g/mol. The minimum atomic E-state index is -0.887. The molecule has 2 nitrogen and oxygen atoms in total. The van der Waals surface area contributed by atoms with Gasteiger partial charge in [-0.3, -0.25) is 0 Å². The Morgan fingerprint density at radius 2 is 2.00 bits per heavy atom. The van der Waals surface area contributed by atoms with E-state index in [0.29, 0.717) is 16.9 Å². The second kappa shape index (κ2) is 3.90. The molecule has 0 fully saturated rings. The van der Waals surface area contributed by atoms with Crippen molar-refractivity contribution in [2.75, 3.05) is 7.11 Å². The number of nitrogens with zero attached hydrogens (tertiary/aromatic N) is 1. The summed E-state index contributed by atoms with van der Waals surface area (Å²) in [7, 11) is 1.47. The lowest BCUT2D eigenvalue weighted by atomic mass is 9.84. The second-order valence-electron chi connectivity index (χ2n) is 4.01. The number of ether oxygens (including phenoxy) is 1. The molecule has 3 heteroatoms. The van der Waals surface area contributed by atoms with Crippen molar-refractivity contribution in [1.29, 1.82) is 5.26 Å². The van der Waals surface area contributed by atoms with Gasteiger partial charge in [-0.25, -0.2) is 4.39 Å². The summed E-state index contributed by atoms with van der Waals surface area (Å²) in [5, 5.41) is 9.01. The van der Waals surface area contributed by atoms with E-state index in [0.717, 1.165) is 0 Å². The Morgan fingerprint density at radius 3 is 2.47 bits per heavy atom. The Hall–Kier alpha value is -1.56. The highest BCUT2D eigenvalue weighted by atomic mass is 19.1. The van der Waals surface area contributed by atoms with Gasteiger partial charge in [0.1, 0.15) is 11.6 Å². The molecular formula is C12H14FNO. The van der Waals surface area contributed by atoms with Crippen LogP contribution in [-0.2, 0) is 5.41 Å². The summed E-state index contributed by atoms with van der Waals surface area (Å²) in [6.07, 6.45) is 0. The second-order valence-corrected chi connectivity index (χ2v) is 4.01. The number of halogens is 1. The van der Waals surface area contributed by atoms with Crippen LogP contribution >= 0.6 is 0 Å². The summed E-state index contributed by atoms with van der Waals surface area (Å²) < 4.78 is 19.0. The van der Waals surface area contributed by atoms with Crippen molar-refractivity contribution in [2.24, 2.45) is 0 Å². The molecule has 0 spiro atoms. The first-order valence-electron chi connectivity index (χ1n) is 4.69. The van der Waals surface area contributed by atoms with Crippen LogP contribution in [0.1, 0.15) is 25.0 Å². The summed E-state index contributed by atoms with van der Waals surface area (Å²) in [6, 6.07) is 5.41. The van der Waals surface area contributed by atoms with Gasteiger partial charge in [-0.2, -0.15) is 5.26 Å². The number of hydrogen-bond donors (Lipinski definition) is 0. The summed E-state index contributed by atoms with van der Waals surface area (Å²) in [5.41, 5.74) is -0.0387. The van der Waals surface area contributed by atoms with Crippen LogP contribution in [0.2, 0.25) is 0 Å². The molecule has 0 unspecified atom stereocenters. The molecule has 0 radical (unpaired) electrons. The zero-order valence-electron chi connectivity index (χ0n) is 9.39. The average Bonchev–Trinajstić information content (AvgIpc) is 2.21. The third kappa shape index (κ3) is 1.94. The lowest BCUT2D eigenvalue weighted by Gasteiger charge is -2.20. The van der Waals surface area contributed by atoms with Crippen LogP contribution < -0.4 is 4.74 Å². The normalized spacial score (nSPS) is 10.9. The molecule has 0 aliphatic rings. The SMILES string of the molecule is COc1ccc(C)c(F)c1C(C)(C)C#N. The van der Waals surface area contributed by atoms with E-state index in [-0.39, 0.29) is 5.82 Å². The number of aryl methyl sites for hydroxylation is 1. The lowest BCUT2D eigenvalue weighted by molar-refractivity contribution is 0.394. The van der Waals surface area contributed by atoms with Crippen molar-refractivity contribution in [1.82, 2.24) is 0 Å². The van der Waals surface area contributed by atoms with Gasteiger partial charge in [0.05, 0.1) is 18.6 Å². The maximum Gasteiger partial charge on any atom is 0.134 e. The van der Waals surface area contributed by atoms with Gasteiger partial charge in [0, 0.05) is 5.56 Å². The molecule has 1 aromatic carbocycles. The van der Waals surface area contributed by atoms with Crippen LogP contribution in [0.25, 0.3) is 0 Å². The van der Waals surface area contributed by atoms with E-state index in [1.807, 2.05) is 0 Å². The Morgan fingerprint density at radius 1 is 1.40 bits per heavy atom. The quantitative estimate of drug-likeness (QED) is 0.747. The Labute approximate surface area is 89.3 Å². The molecule has 0 heterocycles. The molecule has 0 bridgehead atoms. The molecular weight excluding hydrogens is 193 g/mol. The van der Waals surface area contributed by atoms with Crippen LogP contribution in [0.5, 0.6) is 5.75 Å². The third-order valence-electron chi connectivity index (χ3n) is 2.42. The molecule has 0 aliphatic carbocycles. The summed E-state index contributed by atoms with van der Waals surface area (Å²) in [4.78, 5) is 0. The topological polar surface area (TPSA) is 33.0 Å². The predicted molar refractivity (Wildman–Crippen MR) is 56.3 cm³/mol. The van der Waals surface area contributed by atoms with E-state index >= 15 is 0 Å². The van der Waals surface area contributed by atoms with Gasteiger partial charge >= 0.3 is 0 Å². The molecule has 0 atom stereocenters. The fourth-order valence-electron chi connectivity index (χ4n) is 1.47. The van der Waals surface area contributed by atoms with Crippen LogP contribution in [0.3, 0.4) is 0 Å². The fourth-order valence-corrected chi connectivity index (χ4v) is 1.47. The van der Waals surface area contributed by atoms with E-state index < -0.39 is 5.41 Å². The Bertz CT molecular complexity index is 418. The van der Waals surface area contributed by atoms with Crippen LogP contribution in [-0.4, -0.2) is 7.11 Å². The maximum atomic E-state index is 13.9. The Balaban J connectivity index is 3.51. The fraction of sp³-hybridized carbons (Fsp3) is 0.417. The van der Waals surface area contributed by atoms with Gasteiger partial charge < -0.3 is 4.74 Å². The first-order chi connectivity index (χ1) is 6.94. The largest absolute Gasteiger partial charge is 0.496 e. The first kappa shape index (κ1) is 11.5. The van der Waals surface area contributed by atoms with Gasteiger partial charge in [-0.1, -0.05) is 6.07 Å². The Kier molecular flexibility index (Phi) is 2.99. The van der Waals surface area contributed by atoms with Gasteiger partial charge in [0.25, 0.3) is 0 Å². The molecule has 0 saturated carbocycles. The molecule has 0 aliphatic heterocycles. The number of nitriles is 1. The maximum absolute atomic E-state index is 13.9. The molecule has 0 saturated heterocycles. The number of hydrogen-bond acceptors (Lipinski definition) is 2. The van der Waals surface area contributed by atoms with Crippen LogP contribution in [0.4, 0.5) is 4.39 Å². The smallest absolute Gasteiger partial charge is 0.134 e. The number of benzene rings is 1. The van der Waals surface area contributed by atoms with Gasteiger partial charge in [0.2, 0.25) is 0 Å². The number of methoxy groups -OCH3 is 1. The highest BCUT2D eigenvalue weighted by Crippen LogP contribution is 2.34. The van der Waals surface area contributed by atoms with E-state index in [9.17, 15) is 4.39 Å². The van der Waals surface area contributed by atoms with Crippen molar-refractivity contribution in [3.05, 3.63) is 29.1 Å².